The molecule has 1 aromatic carbocycles. The van der Waals surface area contributed by atoms with Crippen molar-refractivity contribution >= 4 is 18.3 Å². The minimum atomic E-state index is 0. The van der Waals surface area contributed by atoms with Gasteiger partial charge >= 0.3 is 0 Å². The van der Waals surface area contributed by atoms with Gasteiger partial charge in [0.05, 0.1) is 6.42 Å². The molecule has 0 bridgehead atoms. The number of aryl methyl sites for hydroxylation is 2. The van der Waals surface area contributed by atoms with Crippen LogP contribution in [0, 0.1) is 19.8 Å². The average molecular weight is 269 g/mol. The van der Waals surface area contributed by atoms with E-state index in [0.29, 0.717) is 12.3 Å². The molecule has 0 saturated carbocycles. The van der Waals surface area contributed by atoms with Crippen molar-refractivity contribution in [1.29, 1.82) is 0 Å². The molecule has 2 N–H and O–H groups in total. The maximum atomic E-state index is 11.8. The number of nitrogens with one attached hydrogen (secondary N) is 2. The molecule has 0 unspecified atom stereocenters. The van der Waals surface area contributed by atoms with Crippen LogP contribution in [0.2, 0.25) is 0 Å². The number of benzene rings is 1. The van der Waals surface area contributed by atoms with Crippen LogP contribution in [0.15, 0.2) is 18.2 Å². The van der Waals surface area contributed by atoms with Gasteiger partial charge < -0.3 is 10.6 Å². The van der Waals surface area contributed by atoms with Gasteiger partial charge in [0.25, 0.3) is 0 Å². The molecule has 1 heterocycles. The van der Waals surface area contributed by atoms with Gasteiger partial charge in [0.1, 0.15) is 0 Å². The van der Waals surface area contributed by atoms with E-state index in [4.69, 9.17) is 0 Å². The summed E-state index contributed by atoms with van der Waals surface area (Å²) >= 11 is 0. The van der Waals surface area contributed by atoms with Crippen LogP contribution < -0.4 is 10.6 Å². The van der Waals surface area contributed by atoms with Gasteiger partial charge in [-0.25, -0.2) is 0 Å². The molecule has 1 amide bonds. The quantitative estimate of drug-likeness (QED) is 0.871. The molecule has 0 radical (unpaired) electrons. The van der Waals surface area contributed by atoms with E-state index in [1.54, 1.807) is 0 Å². The Morgan fingerprint density at radius 2 is 2.11 bits per heavy atom. The second-order valence-corrected chi connectivity index (χ2v) is 4.94. The monoisotopic (exact) mass is 268 g/mol. The lowest BCUT2D eigenvalue weighted by molar-refractivity contribution is -0.120. The summed E-state index contributed by atoms with van der Waals surface area (Å²) in [6, 6.07) is 6.25. The van der Waals surface area contributed by atoms with Gasteiger partial charge in [-0.1, -0.05) is 23.8 Å². The van der Waals surface area contributed by atoms with Crippen LogP contribution in [-0.4, -0.2) is 25.5 Å². The van der Waals surface area contributed by atoms with Crippen molar-refractivity contribution in [3.05, 3.63) is 34.9 Å². The first kappa shape index (κ1) is 15.0. The van der Waals surface area contributed by atoms with Gasteiger partial charge in [0.15, 0.2) is 0 Å². The first-order valence-electron chi connectivity index (χ1n) is 6.18. The summed E-state index contributed by atoms with van der Waals surface area (Å²) in [5, 5.41) is 6.20. The highest BCUT2D eigenvalue weighted by Gasteiger charge is 2.17. The minimum Gasteiger partial charge on any atom is -0.355 e. The van der Waals surface area contributed by atoms with E-state index >= 15 is 0 Å². The van der Waals surface area contributed by atoms with E-state index in [1.165, 1.54) is 11.1 Å². The number of halogens is 1. The fourth-order valence-corrected chi connectivity index (χ4v) is 1.98. The van der Waals surface area contributed by atoms with E-state index in [9.17, 15) is 4.79 Å². The molecule has 1 aliphatic heterocycles. The van der Waals surface area contributed by atoms with Crippen LogP contribution in [-0.2, 0) is 11.2 Å². The first-order chi connectivity index (χ1) is 8.15. The highest BCUT2D eigenvalue weighted by Crippen LogP contribution is 2.11. The van der Waals surface area contributed by atoms with Gasteiger partial charge in [0, 0.05) is 25.6 Å². The first-order valence-corrected chi connectivity index (χ1v) is 6.18. The second kappa shape index (κ2) is 6.76. The summed E-state index contributed by atoms with van der Waals surface area (Å²) in [5.41, 5.74) is 3.53. The van der Waals surface area contributed by atoms with E-state index in [0.717, 1.165) is 25.2 Å². The zero-order valence-corrected chi connectivity index (χ0v) is 11.8. The third kappa shape index (κ3) is 4.00. The summed E-state index contributed by atoms with van der Waals surface area (Å²) < 4.78 is 0. The minimum absolute atomic E-state index is 0. The van der Waals surface area contributed by atoms with Crippen LogP contribution in [0.25, 0.3) is 0 Å². The molecule has 2 rings (SSSR count). The molecule has 1 saturated heterocycles. The molecular weight excluding hydrogens is 248 g/mol. The third-order valence-corrected chi connectivity index (χ3v) is 3.31. The highest BCUT2D eigenvalue weighted by atomic mass is 35.5. The summed E-state index contributed by atoms with van der Waals surface area (Å²) in [5.74, 6) is 0.753. The average Bonchev–Trinajstić information content (AvgIpc) is 2.21. The maximum Gasteiger partial charge on any atom is 0.224 e. The van der Waals surface area contributed by atoms with E-state index < -0.39 is 0 Å². The predicted octanol–water partition coefficient (Wildman–Crippen LogP) is 1.60. The van der Waals surface area contributed by atoms with Crippen LogP contribution >= 0.6 is 12.4 Å². The van der Waals surface area contributed by atoms with Crippen molar-refractivity contribution in [1.82, 2.24) is 10.6 Å². The van der Waals surface area contributed by atoms with Crippen molar-refractivity contribution in [2.24, 2.45) is 5.92 Å². The van der Waals surface area contributed by atoms with Gasteiger partial charge in [-0.05, 0) is 25.0 Å². The Bertz CT molecular complexity index is 416. The molecule has 1 aromatic rings. The van der Waals surface area contributed by atoms with Gasteiger partial charge in [0.2, 0.25) is 5.91 Å². The van der Waals surface area contributed by atoms with Crippen LogP contribution in [0.3, 0.4) is 0 Å². The Balaban J connectivity index is 0.00000162. The highest BCUT2D eigenvalue weighted by molar-refractivity contribution is 5.85. The molecule has 0 aliphatic carbocycles. The number of carbonyl (C=O) groups excluding carboxylic acids is 1. The normalized spacial score (nSPS) is 14.6. The Labute approximate surface area is 115 Å². The Hall–Kier alpha value is -1.06. The van der Waals surface area contributed by atoms with Crippen molar-refractivity contribution < 1.29 is 4.79 Å². The summed E-state index contributed by atoms with van der Waals surface area (Å²) in [6.45, 7) is 6.98. The molecule has 0 spiro atoms. The molecule has 4 heteroatoms. The van der Waals surface area contributed by atoms with Crippen molar-refractivity contribution in [2.75, 3.05) is 19.6 Å². The largest absolute Gasteiger partial charge is 0.355 e. The third-order valence-electron chi connectivity index (χ3n) is 3.31. The topological polar surface area (TPSA) is 41.1 Å². The molecule has 0 aromatic heterocycles. The predicted molar refractivity (Wildman–Crippen MR) is 76.2 cm³/mol. The smallest absolute Gasteiger partial charge is 0.224 e. The SMILES string of the molecule is Cc1ccc(C)c(CC(=O)NCC2CNC2)c1.Cl. The number of hydrogen-bond acceptors (Lipinski definition) is 2. The lowest BCUT2D eigenvalue weighted by Gasteiger charge is -2.27. The summed E-state index contributed by atoms with van der Waals surface area (Å²) in [7, 11) is 0. The van der Waals surface area contributed by atoms with E-state index in [1.807, 2.05) is 0 Å². The molecule has 1 aliphatic rings. The molecule has 1 fully saturated rings. The maximum absolute atomic E-state index is 11.8. The number of rotatable bonds is 4. The summed E-state index contributed by atoms with van der Waals surface area (Å²) in [4.78, 5) is 11.8. The number of hydrogen-bond donors (Lipinski definition) is 2. The molecule has 18 heavy (non-hydrogen) atoms. The zero-order valence-electron chi connectivity index (χ0n) is 11.0. The van der Waals surface area contributed by atoms with Gasteiger partial charge in [-0.3, -0.25) is 4.79 Å². The standard InChI is InChI=1S/C14H20N2O.ClH/c1-10-3-4-11(2)13(5-10)6-14(17)16-9-12-7-15-8-12;/h3-5,12,15H,6-9H2,1-2H3,(H,16,17);1H. The lowest BCUT2D eigenvalue weighted by Crippen LogP contribution is -2.48. The second-order valence-electron chi connectivity index (χ2n) is 4.94. The zero-order chi connectivity index (χ0) is 12.3. The Morgan fingerprint density at radius 1 is 1.39 bits per heavy atom. The van der Waals surface area contributed by atoms with E-state index in [-0.39, 0.29) is 18.3 Å². The number of amides is 1. The Kier molecular flexibility index (Phi) is 5.63. The van der Waals surface area contributed by atoms with E-state index in [2.05, 4.69) is 42.7 Å². The van der Waals surface area contributed by atoms with Crippen LogP contribution in [0.4, 0.5) is 0 Å². The fourth-order valence-electron chi connectivity index (χ4n) is 1.98. The van der Waals surface area contributed by atoms with Gasteiger partial charge in [-0.2, -0.15) is 0 Å². The Morgan fingerprint density at radius 3 is 2.72 bits per heavy atom. The van der Waals surface area contributed by atoms with Crippen molar-refractivity contribution in [3.63, 3.8) is 0 Å². The molecule has 100 valence electrons. The van der Waals surface area contributed by atoms with Crippen LogP contribution in [0.1, 0.15) is 16.7 Å². The number of carbonyl (C=O) groups is 1. The lowest BCUT2D eigenvalue weighted by atomic mass is 10.0. The van der Waals surface area contributed by atoms with Crippen LogP contribution in [0.5, 0.6) is 0 Å². The molecular formula is C14H21ClN2O. The fraction of sp³-hybridized carbons (Fsp3) is 0.500. The van der Waals surface area contributed by atoms with Gasteiger partial charge in [-0.15, -0.1) is 12.4 Å². The molecule has 3 nitrogen and oxygen atoms in total. The summed E-state index contributed by atoms with van der Waals surface area (Å²) in [6.07, 6.45) is 0.494. The van der Waals surface area contributed by atoms with Crippen molar-refractivity contribution in [3.8, 4) is 0 Å². The van der Waals surface area contributed by atoms with Crippen molar-refractivity contribution in [2.45, 2.75) is 20.3 Å². The molecule has 0 atom stereocenters.